The Kier molecular flexibility index (Phi) is 9.00. The van der Waals surface area contributed by atoms with Gasteiger partial charge in [0.1, 0.15) is 12.4 Å². The summed E-state index contributed by atoms with van der Waals surface area (Å²) in [6.45, 7) is 8.13. The average Bonchev–Trinajstić information content (AvgIpc) is 2.83. The Balaban J connectivity index is 1.65. The SMILES string of the molecule is C=C(CCC)C(=O)OCc1ccc(-c2ccc(-c3ccc(CCCCC)cc3)cc2F)cc1. The van der Waals surface area contributed by atoms with Gasteiger partial charge >= 0.3 is 5.97 Å². The fourth-order valence-electron chi connectivity index (χ4n) is 3.81. The second-order valence-electron chi connectivity index (χ2n) is 8.48. The molecule has 0 bridgehead atoms. The summed E-state index contributed by atoms with van der Waals surface area (Å²) in [4.78, 5) is 11.9. The molecule has 3 heteroatoms. The Morgan fingerprint density at radius 2 is 1.45 bits per heavy atom. The highest BCUT2D eigenvalue weighted by Crippen LogP contribution is 2.29. The maximum Gasteiger partial charge on any atom is 0.333 e. The molecule has 3 rings (SSSR count). The Morgan fingerprint density at radius 1 is 0.818 bits per heavy atom. The lowest BCUT2D eigenvalue weighted by Crippen LogP contribution is -2.07. The Bertz CT molecular complexity index is 1070. The largest absolute Gasteiger partial charge is 0.457 e. The molecule has 0 aliphatic heterocycles. The Hall–Kier alpha value is -3.20. The van der Waals surface area contributed by atoms with E-state index in [-0.39, 0.29) is 18.4 Å². The van der Waals surface area contributed by atoms with Crippen molar-refractivity contribution in [3.63, 3.8) is 0 Å². The number of aryl methyl sites for hydroxylation is 1. The van der Waals surface area contributed by atoms with E-state index in [1.165, 1.54) is 24.8 Å². The minimum atomic E-state index is -0.364. The van der Waals surface area contributed by atoms with Gasteiger partial charge in [0.15, 0.2) is 0 Å². The Morgan fingerprint density at radius 3 is 2.09 bits per heavy atom. The van der Waals surface area contributed by atoms with Crippen LogP contribution in [0.2, 0.25) is 0 Å². The summed E-state index contributed by atoms with van der Waals surface area (Å²) in [7, 11) is 0. The molecule has 3 aromatic carbocycles. The number of carbonyl (C=O) groups is 1. The molecule has 3 aromatic rings. The first kappa shape index (κ1) is 24.4. The molecule has 0 radical (unpaired) electrons. The predicted molar refractivity (Wildman–Crippen MR) is 134 cm³/mol. The highest BCUT2D eigenvalue weighted by molar-refractivity contribution is 5.87. The predicted octanol–water partition coefficient (Wildman–Crippen LogP) is 8.29. The summed E-state index contributed by atoms with van der Waals surface area (Å²) < 4.78 is 20.2. The van der Waals surface area contributed by atoms with Crippen molar-refractivity contribution in [1.82, 2.24) is 0 Å². The average molecular weight is 445 g/mol. The molecule has 0 N–H and O–H groups in total. The smallest absolute Gasteiger partial charge is 0.333 e. The molecular formula is C30H33FO2. The topological polar surface area (TPSA) is 26.3 Å². The van der Waals surface area contributed by atoms with Gasteiger partial charge in [0, 0.05) is 11.1 Å². The minimum absolute atomic E-state index is 0.178. The van der Waals surface area contributed by atoms with E-state index in [4.69, 9.17) is 4.74 Å². The van der Waals surface area contributed by atoms with Crippen molar-refractivity contribution in [3.8, 4) is 22.3 Å². The number of halogens is 1. The zero-order valence-corrected chi connectivity index (χ0v) is 19.7. The van der Waals surface area contributed by atoms with Crippen molar-refractivity contribution >= 4 is 5.97 Å². The number of benzene rings is 3. The quantitative estimate of drug-likeness (QED) is 0.169. The second-order valence-corrected chi connectivity index (χ2v) is 8.48. The molecule has 2 nitrogen and oxygen atoms in total. The van der Waals surface area contributed by atoms with Gasteiger partial charge < -0.3 is 4.74 Å². The lowest BCUT2D eigenvalue weighted by Gasteiger charge is -2.10. The van der Waals surface area contributed by atoms with Crippen LogP contribution in [0.5, 0.6) is 0 Å². The molecule has 33 heavy (non-hydrogen) atoms. The highest BCUT2D eigenvalue weighted by Gasteiger charge is 2.10. The molecule has 0 fully saturated rings. The van der Waals surface area contributed by atoms with E-state index in [2.05, 4.69) is 37.8 Å². The van der Waals surface area contributed by atoms with Crippen molar-refractivity contribution in [1.29, 1.82) is 0 Å². The van der Waals surface area contributed by atoms with Crippen molar-refractivity contribution in [2.45, 2.75) is 59.0 Å². The maximum atomic E-state index is 14.9. The van der Waals surface area contributed by atoms with Crippen LogP contribution in [0.25, 0.3) is 22.3 Å². The first-order chi connectivity index (χ1) is 16.0. The van der Waals surface area contributed by atoms with Crippen molar-refractivity contribution in [2.24, 2.45) is 0 Å². The molecule has 0 unspecified atom stereocenters. The van der Waals surface area contributed by atoms with Crippen LogP contribution in [-0.4, -0.2) is 5.97 Å². The third-order valence-electron chi connectivity index (χ3n) is 5.80. The van der Waals surface area contributed by atoms with Crippen molar-refractivity contribution < 1.29 is 13.9 Å². The van der Waals surface area contributed by atoms with Crippen LogP contribution in [0.4, 0.5) is 4.39 Å². The zero-order chi connectivity index (χ0) is 23.6. The first-order valence-electron chi connectivity index (χ1n) is 11.8. The third kappa shape index (κ3) is 6.89. The van der Waals surface area contributed by atoms with Crippen LogP contribution >= 0.6 is 0 Å². The molecule has 0 aromatic heterocycles. The fourth-order valence-corrected chi connectivity index (χ4v) is 3.81. The van der Waals surface area contributed by atoms with Gasteiger partial charge in [0.25, 0.3) is 0 Å². The summed E-state index contributed by atoms with van der Waals surface area (Å²) in [6, 6.07) is 21.2. The molecule has 0 atom stereocenters. The van der Waals surface area contributed by atoms with Crippen molar-refractivity contribution in [3.05, 3.63) is 95.8 Å². The van der Waals surface area contributed by atoms with Gasteiger partial charge in [-0.05, 0) is 53.1 Å². The van der Waals surface area contributed by atoms with E-state index in [9.17, 15) is 9.18 Å². The van der Waals surface area contributed by atoms with Crippen LogP contribution in [0.1, 0.15) is 57.1 Å². The molecular weight excluding hydrogens is 411 g/mol. The van der Waals surface area contributed by atoms with E-state index in [1.807, 2.05) is 43.3 Å². The summed E-state index contributed by atoms with van der Waals surface area (Å²) in [5, 5.41) is 0. The van der Waals surface area contributed by atoms with Gasteiger partial charge in [-0.15, -0.1) is 0 Å². The number of carbonyl (C=O) groups excluding carboxylic acids is 1. The fraction of sp³-hybridized carbons (Fsp3) is 0.300. The number of rotatable bonds is 11. The van der Waals surface area contributed by atoms with Gasteiger partial charge in [-0.1, -0.05) is 100 Å². The van der Waals surface area contributed by atoms with Crippen LogP contribution in [0, 0.1) is 5.82 Å². The number of ether oxygens (including phenoxy) is 1. The van der Waals surface area contributed by atoms with E-state index < -0.39 is 0 Å². The molecule has 0 aliphatic carbocycles. The van der Waals surface area contributed by atoms with E-state index in [1.54, 1.807) is 6.07 Å². The van der Waals surface area contributed by atoms with Gasteiger partial charge in [-0.3, -0.25) is 0 Å². The summed E-state index contributed by atoms with van der Waals surface area (Å²) in [5.41, 5.74) is 5.89. The normalized spacial score (nSPS) is 10.8. The summed E-state index contributed by atoms with van der Waals surface area (Å²) >= 11 is 0. The lowest BCUT2D eigenvalue weighted by molar-refractivity contribution is -0.140. The standard InChI is InChI=1S/C30H33FO2/c1-4-6-7-9-23-10-14-25(15-11-23)27-18-19-28(29(31)20-27)26-16-12-24(13-17-26)21-33-30(32)22(3)8-5-2/h10-20H,3-9,21H2,1-2H3. The van der Waals surface area contributed by atoms with Gasteiger partial charge in [0.2, 0.25) is 0 Å². The summed E-state index contributed by atoms with van der Waals surface area (Å²) in [6.07, 6.45) is 6.25. The molecule has 0 amide bonds. The first-order valence-corrected chi connectivity index (χ1v) is 11.8. The van der Waals surface area contributed by atoms with Crippen LogP contribution in [0.15, 0.2) is 78.9 Å². The molecule has 0 aliphatic rings. The van der Waals surface area contributed by atoms with Crippen LogP contribution in [0.3, 0.4) is 0 Å². The lowest BCUT2D eigenvalue weighted by atomic mass is 9.97. The van der Waals surface area contributed by atoms with E-state index >= 15 is 0 Å². The number of hydrogen-bond acceptors (Lipinski definition) is 2. The Labute approximate surface area is 197 Å². The third-order valence-corrected chi connectivity index (χ3v) is 5.80. The molecule has 0 spiro atoms. The number of hydrogen-bond donors (Lipinski definition) is 0. The van der Waals surface area contributed by atoms with Crippen molar-refractivity contribution in [2.75, 3.05) is 0 Å². The molecule has 0 saturated heterocycles. The maximum absolute atomic E-state index is 14.9. The second kappa shape index (κ2) is 12.2. The minimum Gasteiger partial charge on any atom is -0.457 e. The zero-order valence-electron chi connectivity index (χ0n) is 19.7. The van der Waals surface area contributed by atoms with Gasteiger partial charge in [-0.2, -0.15) is 0 Å². The van der Waals surface area contributed by atoms with Gasteiger partial charge in [-0.25, -0.2) is 9.18 Å². The molecule has 0 saturated carbocycles. The summed E-state index contributed by atoms with van der Waals surface area (Å²) in [5.74, 6) is -0.619. The van der Waals surface area contributed by atoms with Gasteiger partial charge in [0.05, 0.1) is 0 Å². The van der Waals surface area contributed by atoms with Crippen LogP contribution < -0.4 is 0 Å². The monoisotopic (exact) mass is 444 g/mol. The number of esters is 1. The van der Waals surface area contributed by atoms with E-state index in [0.29, 0.717) is 17.6 Å². The molecule has 172 valence electrons. The highest BCUT2D eigenvalue weighted by atomic mass is 19.1. The van der Waals surface area contributed by atoms with Crippen LogP contribution in [-0.2, 0) is 22.6 Å². The molecule has 0 heterocycles. The van der Waals surface area contributed by atoms with E-state index in [0.717, 1.165) is 35.1 Å². The number of unbranched alkanes of at least 4 members (excludes halogenated alkanes) is 2.